The number of allylic oxidation sites excluding steroid dienone is 1. The second kappa shape index (κ2) is 3.33. The fourth-order valence-corrected chi connectivity index (χ4v) is 0.266. The molecule has 0 saturated heterocycles. The first kappa shape index (κ1) is 8.28. The van der Waals surface area contributed by atoms with Crippen molar-refractivity contribution in [1.82, 2.24) is 0 Å². The second-order valence-electron chi connectivity index (χ2n) is 1.04. The van der Waals surface area contributed by atoms with Crippen LogP contribution < -0.4 is 0 Å². The summed E-state index contributed by atoms with van der Waals surface area (Å²) in [6.07, 6.45) is 0. The maximum atomic E-state index is 9.87. The molecule has 0 aromatic carbocycles. The topological polar surface area (TPSA) is 61.1 Å². The third-order valence-corrected chi connectivity index (χ3v) is 1.20. The van der Waals surface area contributed by atoms with Crippen LogP contribution in [0.25, 0.3) is 0 Å². The van der Waals surface area contributed by atoms with Crippen LogP contribution in [0.15, 0.2) is 10.1 Å². The molecule has 0 amide bonds. The van der Waals surface area contributed by atoms with Gasteiger partial charge in [0.2, 0.25) is 0 Å². The largest absolute Gasteiger partial charge is 0.477 e. The molecule has 0 saturated carbocycles. The van der Waals surface area contributed by atoms with E-state index >= 15 is 0 Å². The summed E-state index contributed by atoms with van der Waals surface area (Å²) < 4.78 is 0. The number of carbonyl (C=O) groups is 1. The molecule has 0 aliphatic rings. The van der Waals surface area contributed by atoms with Gasteiger partial charge < -0.3 is 5.11 Å². The molecule has 9 heavy (non-hydrogen) atoms. The molecule has 3 nitrogen and oxygen atoms in total. The third kappa shape index (κ3) is 2.36. The van der Waals surface area contributed by atoms with E-state index in [1.807, 2.05) is 0 Å². The molecule has 0 rings (SSSR count). The van der Waals surface area contributed by atoms with Gasteiger partial charge in [0.05, 0.1) is 0 Å². The first-order valence-electron chi connectivity index (χ1n) is 1.78. The molecule has 0 bridgehead atoms. The molecule has 0 radical (unpaired) electrons. The van der Waals surface area contributed by atoms with Crippen molar-refractivity contribution in [2.24, 2.45) is 0 Å². The molecule has 0 fully saturated rings. The highest BCUT2D eigenvalue weighted by Gasteiger charge is 2.07. The van der Waals surface area contributed by atoms with Gasteiger partial charge in [-0.15, -0.1) is 0 Å². The lowest BCUT2D eigenvalue weighted by atomic mass is 10.5. The van der Waals surface area contributed by atoms with Crippen LogP contribution in [0.5, 0.6) is 0 Å². The van der Waals surface area contributed by atoms with E-state index in [9.17, 15) is 4.79 Å². The van der Waals surface area contributed by atoms with E-state index in [2.05, 4.69) is 0 Å². The number of nitriles is 1. The summed E-state index contributed by atoms with van der Waals surface area (Å²) in [4.78, 5) is 9.87. The van der Waals surface area contributed by atoms with E-state index in [-0.39, 0.29) is 0 Å². The molecule has 0 unspecified atom stereocenters. The number of aliphatic carboxylic acids is 1. The summed E-state index contributed by atoms with van der Waals surface area (Å²) in [7, 11) is 0. The van der Waals surface area contributed by atoms with Gasteiger partial charge in [0.1, 0.15) is 11.1 Å². The number of carboxylic acids is 1. The normalized spacial score (nSPS) is 11.7. The Morgan fingerprint density at radius 3 is 2.11 bits per heavy atom. The molecule has 48 valence electrons. The van der Waals surface area contributed by atoms with E-state index in [1.54, 1.807) is 0 Å². The Morgan fingerprint density at radius 2 is 2.00 bits per heavy atom. The zero-order valence-corrected chi connectivity index (χ0v) is 5.57. The minimum Gasteiger partial charge on any atom is -0.477 e. The van der Waals surface area contributed by atoms with Crippen LogP contribution in [-0.4, -0.2) is 11.1 Å². The lowest BCUT2D eigenvalue weighted by molar-refractivity contribution is -0.131. The van der Waals surface area contributed by atoms with E-state index in [4.69, 9.17) is 33.6 Å². The lowest BCUT2D eigenvalue weighted by Gasteiger charge is -1.85. The highest BCUT2D eigenvalue weighted by atomic mass is 35.5. The van der Waals surface area contributed by atoms with Crippen molar-refractivity contribution in [1.29, 1.82) is 5.26 Å². The van der Waals surface area contributed by atoms with E-state index < -0.39 is 16.0 Å². The first-order valence-corrected chi connectivity index (χ1v) is 2.54. The van der Waals surface area contributed by atoms with Gasteiger partial charge in [-0.25, -0.2) is 4.79 Å². The number of carboxylic acid groups (broad SMARTS) is 1. The van der Waals surface area contributed by atoms with Crippen LogP contribution in [0, 0.1) is 11.3 Å². The van der Waals surface area contributed by atoms with E-state index in [0.717, 1.165) is 0 Å². The minimum atomic E-state index is -1.40. The molecular weight excluding hydrogens is 165 g/mol. The zero-order valence-electron chi connectivity index (χ0n) is 4.06. The van der Waals surface area contributed by atoms with Crippen LogP contribution in [0.1, 0.15) is 0 Å². The molecule has 0 atom stereocenters. The van der Waals surface area contributed by atoms with Crippen LogP contribution in [0.4, 0.5) is 0 Å². The summed E-state index contributed by atoms with van der Waals surface area (Å²) in [6.45, 7) is 0. The molecular formula is C4HCl2NO2. The zero-order chi connectivity index (χ0) is 7.44. The Balaban J connectivity index is 4.54. The smallest absolute Gasteiger partial charge is 0.349 e. The Kier molecular flexibility index (Phi) is 3.07. The number of halogens is 2. The molecule has 0 aromatic rings. The van der Waals surface area contributed by atoms with Crippen molar-refractivity contribution in [3.05, 3.63) is 10.1 Å². The molecule has 0 spiro atoms. The molecule has 0 aromatic heterocycles. The first-order chi connectivity index (χ1) is 4.09. The van der Waals surface area contributed by atoms with Gasteiger partial charge in [0.15, 0.2) is 5.03 Å². The summed E-state index contributed by atoms with van der Waals surface area (Å²) in [5.74, 6) is -1.40. The third-order valence-electron chi connectivity index (χ3n) is 0.479. The summed E-state index contributed by atoms with van der Waals surface area (Å²) >= 11 is 10.0. The van der Waals surface area contributed by atoms with Crippen molar-refractivity contribution < 1.29 is 9.90 Å². The minimum absolute atomic E-state index is 0.510. The van der Waals surface area contributed by atoms with Crippen molar-refractivity contribution in [2.45, 2.75) is 0 Å². The van der Waals surface area contributed by atoms with Gasteiger partial charge in [-0.1, -0.05) is 23.2 Å². The van der Waals surface area contributed by atoms with Gasteiger partial charge in [0.25, 0.3) is 0 Å². The SMILES string of the molecule is N#C/C(Cl)=C(\Cl)C(=O)O. The second-order valence-corrected chi connectivity index (χ2v) is 1.80. The van der Waals surface area contributed by atoms with Gasteiger partial charge in [-0.05, 0) is 0 Å². The predicted molar refractivity (Wildman–Crippen MR) is 32.0 cm³/mol. The number of rotatable bonds is 1. The maximum Gasteiger partial charge on any atom is 0.349 e. The monoisotopic (exact) mass is 165 g/mol. The molecule has 0 aliphatic carbocycles. The van der Waals surface area contributed by atoms with Crippen molar-refractivity contribution in [3.63, 3.8) is 0 Å². The Labute approximate surface area is 61.1 Å². The highest BCUT2D eigenvalue weighted by Crippen LogP contribution is 2.11. The lowest BCUT2D eigenvalue weighted by Crippen LogP contribution is -1.94. The fraction of sp³-hybridized carbons (Fsp3) is 0. The summed E-state index contributed by atoms with van der Waals surface area (Å²) in [6, 6.07) is 1.38. The van der Waals surface area contributed by atoms with Gasteiger partial charge in [-0.2, -0.15) is 5.26 Å². The molecule has 0 heterocycles. The highest BCUT2D eigenvalue weighted by molar-refractivity contribution is 6.48. The number of hydrogen-bond donors (Lipinski definition) is 1. The summed E-state index contributed by atoms with van der Waals surface area (Å²) in [5, 5.41) is 14.9. The van der Waals surface area contributed by atoms with Crippen LogP contribution in [-0.2, 0) is 4.79 Å². The quantitative estimate of drug-likeness (QED) is 0.471. The van der Waals surface area contributed by atoms with Crippen molar-refractivity contribution >= 4 is 29.2 Å². The average molecular weight is 166 g/mol. The Morgan fingerprint density at radius 1 is 1.56 bits per heavy atom. The summed E-state index contributed by atoms with van der Waals surface area (Å²) in [5.41, 5.74) is 0. The van der Waals surface area contributed by atoms with Crippen molar-refractivity contribution in [3.8, 4) is 6.07 Å². The predicted octanol–water partition coefficient (Wildman–Crippen LogP) is 1.28. The van der Waals surface area contributed by atoms with Gasteiger partial charge in [-0.3, -0.25) is 0 Å². The van der Waals surface area contributed by atoms with E-state index in [1.165, 1.54) is 6.07 Å². The van der Waals surface area contributed by atoms with Gasteiger partial charge in [0, 0.05) is 0 Å². The fourth-order valence-electron chi connectivity index (χ4n) is 0.143. The molecule has 1 N–H and O–H groups in total. The van der Waals surface area contributed by atoms with Crippen LogP contribution >= 0.6 is 23.2 Å². The van der Waals surface area contributed by atoms with Crippen molar-refractivity contribution in [2.75, 3.05) is 0 Å². The Hall–Kier alpha value is -0.720. The molecule has 0 aliphatic heterocycles. The van der Waals surface area contributed by atoms with Crippen LogP contribution in [0.3, 0.4) is 0 Å². The standard InChI is InChI=1S/C4HCl2NO2/c5-2(1-7)3(6)4(8)9/h(H,8,9)/b3-2+. The average Bonchev–Trinajstić information content (AvgIpc) is 1.84. The van der Waals surface area contributed by atoms with Gasteiger partial charge >= 0.3 is 5.97 Å². The number of nitrogens with zero attached hydrogens (tertiary/aromatic N) is 1. The maximum absolute atomic E-state index is 9.87. The number of hydrogen-bond acceptors (Lipinski definition) is 2. The van der Waals surface area contributed by atoms with Crippen LogP contribution in [0.2, 0.25) is 0 Å². The van der Waals surface area contributed by atoms with E-state index in [0.29, 0.717) is 0 Å². The molecule has 5 heteroatoms. The Bertz CT molecular complexity index is 203.